The normalized spacial score (nSPS) is 23.8. The van der Waals surface area contributed by atoms with E-state index in [2.05, 4.69) is 10.2 Å². The van der Waals surface area contributed by atoms with Crippen molar-refractivity contribution in [2.24, 2.45) is 5.73 Å². The summed E-state index contributed by atoms with van der Waals surface area (Å²) >= 11 is 0. The molecule has 1 fully saturated rings. The fourth-order valence-electron chi connectivity index (χ4n) is 2.68. The highest BCUT2D eigenvalue weighted by molar-refractivity contribution is 5.73. The lowest BCUT2D eigenvalue weighted by Gasteiger charge is -2.29. The lowest BCUT2D eigenvalue weighted by Crippen LogP contribution is -2.41. The number of rotatable bonds is 4. The molecule has 100 valence electrons. The van der Waals surface area contributed by atoms with Gasteiger partial charge in [0.2, 0.25) is 5.91 Å². The molecule has 5 nitrogen and oxygen atoms in total. The summed E-state index contributed by atoms with van der Waals surface area (Å²) in [6, 6.07) is 4.14. The Bertz CT molecular complexity index is 389. The van der Waals surface area contributed by atoms with Gasteiger partial charge in [-0.15, -0.1) is 0 Å². The van der Waals surface area contributed by atoms with Crippen LogP contribution >= 0.6 is 0 Å². The number of nitrogens with one attached hydrogen (secondary N) is 1. The van der Waals surface area contributed by atoms with Crippen LogP contribution in [0.15, 0.2) is 22.8 Å². The zero-order valence-electron chi connectivity index (χ0n) is 10.9. The first-order valence-corrected chi connectivity index (χ1v) is 6.38. The van der Waals surface area contributed by atoms with Crippen molar-refractivity contribution in [3.63, 3.8) is 0 Å². The number of carbonyl (C=O) groups is 1. The standard InChI is InChI=1S/C13H21N3O2/c1-9(14)13(12-4-3-7-18-12)16-6-5-11(8-16)15-10(2)17/h3-4,7,9,11,13H,5-6,8,14H2,1-2H3,(H,15,17). The molecule has 1 amide bonds. The van der Waals surface area contributed by atoms with Gasteiger partial charge in [0.1, 0.15) is 5.76 Å². The number of furan rings is 1. The number of nitrogens with two attached hydrogens (primary N) is 1. The molecular weight excluding hydrogens is 230 g/mol. The quantitative estimate of drug-likeness (QED) is 0.833. The SMILES string of the molecule is CC(=O)NC1CCN(C(c2ccco2)C(C)N)C1. The smallest absolute Gasteiger partial charge is 0.217 e. The average Bonchev–Trinajstić information content (AvgIpc) is 2.89. The molecule has 0 bridgehead atoms. The van der Waals surface area contributed by atoms with Crippen LogP contribution in [0, 0.1) is 0 Å². The van der Waals surface area contributed by atoms with Crippen LogP contribution in [0.5, 0.6) is 0 Å². The second kappa shape index (κ2) is 5.54. The van der Waals surface area contributed by atoms with Crippen LogP contribution in [-0.4, -0.2) is 36.0 Å². The summed E-state index contributed by atoms with van der Waals surface area (Å²) < 4.78 is 5.48. The van der Waals surface area contributed by atoms with Crippen LogP contribution in [0.4, 0.5) is 0 Å². The molecule has 5 heteroatoms. The molecule has 1 aliphatic rings. The molecule has 3 atom stereocenters. The van der Waals surface area contributed by atoms with Crippen molar-refractivity contribution in [2.75, 3.05) is 13.1 Å². The molecule has 0 aromatic carbocycles. The fourth-order valence-corrected chi connectivity index (χ4v) is 2.68. The molecule has 1 aliphatic heterocycles. The maximum Gasteiger partial charge on any atom is 0.217 e. The van der Waals surface area contributed by atoms with Crippen LogP contribution in [-0.2, 0) is 4.79 Å². The summed E-state index contributed by atoms with van der Waals surface area (Å²) in [6.45, 7) is 5.29. The second-order valence-electron chi connectivity index (χ2n) is 5.00. The highest BCUT2D eigenvalue weighted by Crippen LogP contribution is 2.27. The summed E-state index contributed by atoms with van der Waals surface area (Å²) in [4.78, 5) is 13.3. The van der Waals surface area contributed by atoms with E-state index < -0.39 is 0 Å². The molecule has 2 heterocycles. The minimum atomic E-state index is -0.00720. The molecule has 18 heavy (non-hydrogen) atoms. The number of carbonyl (C=O) groups excluding carboxylic acids is 1. The predicted molar refractivity (Wildman–Crippen MR) is 68.9 cm³/mol. The first kappa shape index (κ1) is 13.1. The van der Waals surface area contributed by atoms with E-state index in [1.54, 1.807) is 13.2 Å². The molecule has 0 saturated carbocycles. The van der Waals surface area contributed by atoms with Crippen LogP contribution in [0.2, 0.25) is 0 Å². The van der Waals surface area contributed by atoms with Gasteiger partial charge in [-0.05, 0) is 25.5 Å². The number of likely N-dealkylation sites (tertiary alicyclic amines) is 1. The van der Waals surface area contributed by atoms with Crippen molar-refractivity contribution >= 4 is 5.91 Å². The molecule has 3 unspecified atom stereocenters. The number of amides is 1. The third-order valence-electron chi connectivity index (χ3n) is 3.35. The van der Waals surface area contributed by atoms with Crippen molar-refractivity contribution in [1.29, 1.82) is 0 Å². The Morgan fingerprint density at radius 1 is 1.67 bits per heavy atom. The Hall–Kier alpha value is -1.33. The first-order chi connectivity index (χ1) is 8.58. The molecular formula is C13H21N3O2. The van der Waals surface area contributed by atoms with E-state index in [0.29, 0.717) is 0 Å². The minimum absolute atomic E-state index is 0.00720. The fraction of sp³-hybridized carbons (Fsp3) is 0.615. The summed E-state index contributed by atoms with van der Waals surface area (Å²) in [7, 11) is 0. The molecule has 0 spiro atoms. The second-order valence-corrected chi connectivity index (χ2v) is 5.00. The molecule has 3 N–H and O–H groups in total. The summed E-state index contributed by atoms with van der Waals surface area (Å²) in [5.41, 5.74) is 6.07. The van der Waals surface area contributed by atoms with E-state index in [9.17, 15) is 4.79 Å². The van der Waals surface area contributed by atoms with Crippen LogP contribution in [0.25, 0.3) is 0 Å². The van der Waals surface area contributed by atoms with Gasteiger partial charge in [-0.25, -0.2) is 0 Å². The van der Waals surface area contributed by atoms with Crippen molar-refractivity contribution < 1.29 is 9.21 Å². The zero-order chi connectivity index (χ0) is 13.1. The summed E-state index contributed by atoms with van der Waals surface area (Å²) in [5, 5.41) is 2.96. The summed E-state index contributed by atoms with van der Waals surface area (Å²) in [5.74, 6) is 0.922. The molecule has 1 aromatic rings. The predicted octanol–water partition coefficient (Wildman–Crippen LogP) is 0.878. The monoisotopic (exact) mass is 251 g/mol. The van der Waals surface area contributed by atoms with Gasteiger partial charge in [-0.3, -0.25) is 9.69 Å². The Balaban J connectivity index is 2.03. The van der Waals surface area contributed by atoms with E-state index in [-0.39, 0.29) is 24.0 Å². The van der Waals surface area contributed by atoms with Crippen molar-refractivity contribution in [3.8, 4) is 0 Å². The lowest BCUT2D eigenvalue weighted by atomic mass is 10.1. The summed E-state index contributed by atoms with van der Waals surface area (Å²) in [6.07, 6.45) is 2.63. The molecule has 0 radical (unpaired) electrons. The molecule has 1 saturated heterocycles. The van der Waals surface area contributed by atoms with E-state index >= 15 is 0 Å². The first-order valence-electron chi connectivity index (χ1n) is 6.38. The van der Waals surface area contributed by atoms with E-state index in [0.717, 1.165) is 25.3 Å². The Morgan fingerprint density at radius 3 is 3.00 bits per heavy atom. The van der Waals surface area contributed by atoms with E-state index in [1.165, 1.54) is 0 Å². The zero-order valence-corrected chi connectivity index (χ0v) is 10.9. The average molecular weight is 251 g/mol. The topological polar surface area (TPSA) is 71.5 Å². The van der Waals surface area contributed by atoms with Gasteiger partial charge in [0.05, 0.1) is 12.3 Å². The van der Waals surface area contributed by atoms with Crippen molar-refractivity contribution in [1.82, 2.24) is 10.2 Å². The van der Waals surface area contributed by atoms with Gasteiger partial charge in [0.15, 0.2) is 0 Å². The van der Waals surface area contributed by atoms with Crippen molar-refractivity contribution in [2.45, 2.75) is 38.4 Å². The van der Waals surface area contributed by atoms with E-state index in [4.69, 9.17) is 10.2 Å². The molecule has 0 aliphatic carbocycles. The van der Waals surface area contributed by atoms with Crippen LogP contribution in [0.1, 0.15) is 32.1 Å². The van der Waals surface area contributed by atoms with Crippen molar-refractivity contribution in [3.05, 3.63) is 24.2 Å². The maximum absolute atomic E-state index is 11.1. The maximum atomic E-state index is 11.1. The van der Waals surface area contributed by atoms with Crippen LogP contribution in [0.3, 0.4) is 0 Å². The van der Waals surface area contributed by atoms with Gasteiger partial charge < -0.3 is 15.5 Å². The number of hydrogen-bond acceptors (Lipinski definition) is 4. The number of nitrogens with zero attached hydrogens (tertiary/aromatic N) is 1. The molecule has 2 rings (SSSR count). The molecule has 1 aromatic heterocycles. The van der Waals surface area contributed by atoms with Gasteiger partial charge in [-0.2, -0.15) is 0 Å². The highest BCUT2D eigenvalue weighted by atomic mass is 16.3. The lowest BCUT2D eigenvalue weighted by molar-refractivity contribution is -0.119. The largest absolute Gasteiger partial charge is 0.468 e. The Morgan fingerprint density at radius 2 is 2.44 bits per heavy atom. The van der Waals surface area contributed by atoms with E-state index in [1.807, 2.05) is 19.1 Å². The minimum Gasteiger partial charge on any atom is -0.468 e. The third kappa shape index (κ3) is 2.91. The van der Waals surface area contributed by atoms with Crippen LogP contribution < -0.4 is 11.1 Å². The van der Waals surface area contributed by atoms with Gasteiger partial charge in [0, 0.05) is 32.1 Å². The Labute approximate surface area is 107 Å². The highest BCUT2D eigenvalue weighted by Gasteiger charge is 2.32. The Kier molecular flexibility index (Phi) is 4.04. The van der Waals surface area contributed by atoms with Gasteiger partial charge in [-0.1, -0.05) is 0 Å². The van der Waals surface area contributed by atoms with Gasteiger partial charge in [0.25, 0.3) is 0 Å². The third-order valence-corrected chi connectivity index (χ3v) is 3.35. The number of hydrogen-bond donors (Lipinski definition) is 2. The van der Waals surface area contributed by atoms with Gasteiger partial charge >= 0.3 is 0 Å².